The number of ether oxygens (including phenoxy) is 2. The lowest BCUT2D eigenvalue weighted by Gasteiger charge is -2.26. The molecular weight excluding hydrogens is 398 g/mol. The summed E-state index contributed by atoms with van der Waals surface area (Å²) in [6.45, 7) is 5.53. The highest BCUT2D eigenvalue weighted by atomic mass is 32.1. The molecule has 0 N–H and O–H groups in total. The summed E-state index contributed by atoms with van der Waals surface area (Å²) in [4.78, 5) is 22.2. The Labute approximate surface area is 180 Å². The minimum atomic E-state index is 0.0550. The fourth-order valence-corrected chi connectivity index (χ4v) is 4.81. The molecule has 1 aromatic heterocycles. The van der Waals surface area contributed by atoms with Crippen molar-refractivity contribution in [3.63, 3.8) is 0 Å². The number of hydrogen-bond acceptors (Lipinski definition) is 6. The highest BCUT2D eigenvalue weighted by Gasteiger charge is 2.21. The number of nitrogens with zero attached hydrogens (tertiary/aromatic N) is 3. The second kappa shape index (κ2) is 8.62. The van der Waals surface area contributed by atoms with Gasteiger partial charge in [0.2, 0.25) is 0 Å². The van der Waals surface area contributed by atoms with Crippen LogP contribution in [0.3, 0.4) is 0 Å². The first-order chi connectivity index (χ1) is 14.8. The van der Waals surface area contributed by atoms with Gasteiger partial charge < -0.3 is 19.3 Å². The SMILES string of the molecule is O=C(c1ccc2ncsc2c1)N(CCN1CCCC1)Cc1ccc2c(c1)OCCO2. The molecule has 0 radical (unpaired) electrons. The number of carbonyl (C=O) groups is 1. The minimum Gasteiger partial charge on any atom is -0.486 e. The first-order valence-electron chi connectivity index (χ1n) is 10.5. The molecule has 0 bridgehead atoms. The second-order valence-electron chi connectivity index (χ2n) is 7.79. The van der Waals surface area contributed by atoms with E-state index in [-0.39, 0.29) is 5.91 Å². The zero-order chi connectivity index (χ0) is 20.3. The van der Waals surface area contributed by atoms with Crippen LogP contribution in [0.15, 0.2) is 41.9 Å². The van der Waals surface area contributed by atoms with Gasteiger partial charge in [0, 0.05) is 25.2 Å². The van der Waals surface area contributed by atoms with Gasteiger partial charge in [0.15, 0.2) is 11.5 Å². The molecule has 0 saturated carbocycles. The lowest BCUT2D eigenvalue weighted by Crippen LogP contribution is -2.37. The fourth-order valence-electron chi connectivity index (χ4n) is 4.10. The maximum atomic E-state index is 13.4. The van der Waals surface area contributed by atoms with E-state index in [1.54, 1.807) is 11.3 Å². The Morgan fingerprint density at radius 1 is 1.07 bits per heavy atom. The van der Waals surface area contributed by atoms with E-state index in [1.165, 1.54) is 12.8 Å². The molecule has 2 aliphatic heterocycles. The topological polar surface area (TPSA) is 54.9 Å². The summed E-state index contributed by atoms with van der Waals surface area (Å²) in [6, 6.07) is 11.7. The van der Waals surface area contributed by atoms with Crippen LogP contribution in [-0.2, 0) is 6.54 Å². The highest BCUT2D eigenvalue weighted by molar-refractivity contribution is 7.16. The Hall–Kier alpha value is -2.64. The van der Waals surface area contributed by atoms with Crippen LogP contribution in [0, 0.1) is 0 Å². The van der Waals surface area contributed by atoms with Crippen molar-refractivity contribution in [3.8, 4) is 11.5 Å². The van der Waals surface area contributed by atoms with Crippen molar-refractivity contribution in [3.05, 3.63) is 53.0 Å². The van der Waals surface area contributed by atoms with Gasteiger partial charge in [0.05, 0.1) is 15.7 Å². The first-order valence-corrected chi connectivity index (χ1v) is 11.4. The maximum absolute atomic E-state index is 13.4. The summed E-state index contributed by atoms with van der Waals surface area (Å²) in [5.74, 6) is 1.59. The van der Waals surface area contributed by atoms with E-state index in [9.17, 15) is 4.79 Å². The number of fused-ring (bicyclic) bond motifs is 2. The Bertz CT molecular complexity index is 1050. The van der Waals surface area contributed by atoms with Gasteiger partial charge in [0.25, 0.3) is 5.91 Å². The molecule has 3 aromatic rings. The van der Waals surface area contributed by atoms with Gasteiger partial charge in [-0.3, -0.25) is 4.79 Å². The number of carbonyl (C=O) groups excluding carboxylic acids is 1. The zero-order valence-corrected chi connectivity index (χ0v) is 17.7. The molecule has 7 heteroatoms. The van der Waals surface area contributed by atoms with Crippen molar-refractivity contribution in [2.75, 3.05) is 39.4 Å². The van der Waals surface area contributed by atoms with Crippen molar-refractivity contribution >= 4 is 27.5 Å². The van der Waals surface area contributed by atoms with Crippen LogP contribution in [0.1, 0.15) is 28.8 Å². The first kappa shape index (κ1) is 19.3. The predicted molar refractivity (Wildman–Crippen MR) is 117 cm³/mol. The normalized spacial score (nSPS) is 16.1. The quantitative estimate of drug-likeness (QED) is 0.604. The van der Waals surface area contributed by atoms with E-state index < -0.39 is 0 Å². The van der Waals surface area contributed by atoms with E-state index in [0.717, 1.165) is 46.9 Å². The molecule has 0 aliphatic carbocycles. The molecule has 6 nitrogen and oxygen atoms in total. The van der Waals surface area contributed by atoms with Crippen LogP contribution in [0.2, 0.25) is 0 Å². The van der Waals surface area contributed by atoms with E-state index in [2.05, 4.69) is 9.88 Å². The fraction of sp³-hybridized carbons (Fsp3) is 0.391. The number of amides is 1. The largest absolute Gasteiger partial charge is 0.486 e. The summed E-state index contributed by atoms with van der Waals surface area (Å²) < 4.78 is 12.4. The number of hydrogen-bond donors (Lipinski definition) is 0. The van der Waals surface area contributed by atoms with Crippen molar-refractivity contribution in [2.24, 2.45) is 0 Å². The maximum Gasteiger partial charge on any atom is 0.254 e. The van der Waals surface area contributed by atoms with Gasteiger partial charge in [-0.1, -0.05) is 6.07 Å². The smallest absolute Gasteiger partial charge is 0.254 e. The molecule has 0 unspecified atom stereocenters. The molecule has 5 rings (SSSR count). The third-order valence-corrected chi connectivity index (χ3v) is 6.52. The van der Waals surface area contributed by atoms with E-state index in [1.807, 2.05) is 46.8 Å². The van der Waals surface area contributed by atoms with Gasteiger partial charge in [-0.15, -0.1) is 11.3 Å². The summed E-state index contributed by atoms with van der Waals surface area (Å²) in [7, 11) is 0. The highest BCUT2D eigenvalue weighted by Crippen LogP contribution is 2.31. The zero-order valence-electron chi connectivity index (χ0n) is 16.9. The van der Waals surface area contributed by atoms with Crippen LogP contribution in [0.5, 0.6) is 11.5 Å². The van der Waals surface area contributed by atoms with Gasteiger partial charge in [0.1, 0.15) is 13.2 Å². The number of rotatable bonds is 6. The Balaban J connectivity index is 1.38. The molecule has 1 fully saturated rings. The third-order valence-electron chi connectivity index (χ3n) is 5.73. The van der Waals surface area contributed by atoms with Crippen molar-refractivity contribution in [1.82, 2.24) is 14.8 Å². The average molecular weight is 424 g/mol. The average Bonchev–Trinajstić information content (AvgIpc) is 3.47. The van der Waals surface area contributed by atoms with E-state index in [0.29, 0.717) is 31.9 Å². The lowest BCUT2D eigenvalue weighted by molar-refractivity contribution is 0.0727. The number of thiazole rings is 1. The predicted octanol–water partition coefficient (Wildman–Crippen LogP) is 3.81. The summed E-state index contributed by atoms with van der Waals surface area (Å²) in [6.07, 6.45) is 2.50. The third kappa shape index (κ3) is 4.13. The number of aromatic nitrogens is 1. The Morgan fingerprint density at radius 2 is 1.90 bits per heavy atom. The summed E-state index contributed by atoms with van der Waals surface area (Å²) in [5.41, 5.74) is 4.52. The molecule has 2 aromatic carbocycles. The van der Waals surface area contributed by atoms with Crippen LogP contribution in [-0.4, -0.2) is 60.1 Å². The van der Waals surface area contributed by atoms with Crippen LogP contribution >= 0.6 is 11.3 Å². The molecule has 156 valence electrons. The van der Waals surface area contributed by atoms with Crippen LogP contribution in [0.4, 0.5) is 0 Å². The lowest BCUT2D eigenvalue weighted by atomic mass is 10.1. The summed E-state index contributed by atoms with van der Waals surface area (Å²) in [5, 5.41) is 0. The number of benzene rings is 2. The molecule has 0 spiro atoms. The molecule has 2 aliphatic rings. The monoisotopic (exact) mass is 423 g/mol. The van der Waals surface area contributed by atoms with Crippen molar-refractivity contribution < 1.29 is 14.3 Å². The molecule has 30 heavy (non-hydrogen) atoms. The standard InChI is InChI=1S/C23H25N3O3S/c27-23(18-4-5-19-22(14-18)30-16-24-19)26(10-9-25-7-1-2-8-25)15-17-3-6-20-21(13-17)29-12-11-28-20/h3-6,13-14,16H,1-2,7-12,15H2. The van der Waals surface area contributed by atoms with Crippen molar-refractivity contribution in [2.45, 2.75) is 19.4 Å². The summed E-state index contributed by atoms with van der Waals surface area (Å²) >= 11 is 1.56. The van der Waals surface area contributed by atoms with Gasteiger partial charge in [-0.05, 0) is 61.8 Å². The van der Waals surface area contributed by atoms with Gasteiger partial charge >= 0.3 is 0 Å². The second-order valence-corrected chi connectivity index (χ2v) is 8.67. The minimum absolute atomic E-state index is 0.0550. The van der Waals surface area contributed by atoms with E-state index >= 15 is 0 Å². The molecule has 3 heterocycles. The van der Waals surface area contributed by atoms with Crippen LogP contribution in [0.25, 0.3) is 10.2 Å². The molecule has 0 atom stereocenters. The molecule has 1 saturated heterocycles. The Morgan fingerprint density at radius 3 is 2.77 bits per heavy atom. The molecular formula is C23H25N3O3S. The Kier molecular flexibility index (Phi) is 5.55. The number of likely N-dealkylation sites (tertiary alicyclic amines) is 1. The van der Waals surface area contributed by atoms with Gasteiger partial charge in [-0.25, -0.2) is 4.98 Å². The molecule has 1 amide bonds. The van der Waals surface area contributed by atoms with Crippen LogP contribution < -0.4 is 9.47 Å². The van der Waals surface area contributed by atoms with Gasteiger partial charge in [-0.2, -0.15) is 0 Å². The van der Waals surface area contributed by atoms with E-state index in [4.69, 9.17) is 9.47 Å². The van der Waals surface area contributed by atoms with Crippen molar-refractivity contribution in [1.29, 1.82) is 0 Å².